The maximum absolute atomic E-state index is 6.38. The second-order valence-electron chi connectivity index (χ2n) is 4.94. The van der Waals surface area contributed by atoms with Crippen molar-refractivity contribution in [3.8, 4) is 0 Å². The summed E-state index contributed by atoms with van der Waals surface area (Å²) in [6, 6.07) is 10.8. The minimum atomic E-state index is 0.340. The van der Waals surface area contributed by atoms with Gasteiger partial charge in [-0.15, -0.1) is 0 Å². The summed E-state index contributed by atoms with van der Waals surface area (Å²) in [5.41, 5.74) is 3.33. The topological polar surface area (TPSA) is 29.9 Å². The number of hydrogen-bond donors (Lipinski definition) is 1. The molecule has 0 radical (unpaired) electrons. The Balaban J connectivity index is 2.09. The SMILES string of the molecule is CCc1nn(C)c(CNC(CC)c2ccccc2)c1Cl. The van der Waals surface area contributed by atoms with E-state index in [4.69, 9.17) is 11.6 Å². The molecule has 0 aliphatic heterocycles. The number of aryl methyl sites for hydroxylation is 2. The highest BCUT2D eigenvalue weighted by Crippen LogP contribution is 2.22. The molecule has 0 fully saturated rings. The molecule has 108 valence electrons. The van der Waals surface area contributed by atoms with E-state index in [1.54, 1.807) is 0 Å². The molecule has 0 bridgehead atoms. The van der Waals surface area contributed by atoms with Crippen LogP contribution in [-0.4, -0.2) is 9.78 Å². The summed E-state index contributed by atoms with van der Waals surface area (Å²) >= 11 is 6.38. The Morgan fingerprint density at radius 1 is 1.25 bits per heavy atom. The van der Waals surface area contributed by atoms with Gasteiger partial charge in [-0.1, -0.05) is 55.8 Å². The maximum atomic E-state index is 6.38. The van der Waals surface area contributed by atoms with Crippen LogP contribution in [0, 0.1) is 0 Å². The van der Waals surface area contributed by atoms with Crippen LogP contribution in [-0.2, 0) is 20.0 Å². The lowest BCUT2D eigenvalue weighted by molar-refractivity contribution is 0.503. The fourth-order valence-corrected chi connectivity index (χ4v) is 2.78. The highest BCUT2D eigenvalue weighted by Gasteiger charge is 2.15. The number of aromatic nitrogens is 2. The zero-order chi connectivity index (χ0) is 14.5. The van der Waals surface area contributed by atoms with Crippen LogP contribution < -0.4 is 5.32 Å². The monoisotopic (exact) mass is 291 g/mol. The molecule has 4 heteroatoms. The van der Waals surface area contributed by atoms with Crippen molar-refractivity contribution >= 4 is 11.6 Å². The van der Waals surface area contributed by atoms with Crippen LogP contribution in [0.25, 0.3) is 0 Å². The van der Waals surface area contributed by atoms with E-state index >= 15 is 0 Å². The van der Waals surface area contributed by atoms with Gasteiger partial charge in [-0.3, -0.25) is 4.68 Å². The summed E-state index contributed by atoms with van der Waals surface area (Å²) in [7, 11) is 1.95. The molecule has 1 atom stereocenters. The summed E-state index contributed by atoms with van der Waals surface area (Å²) in [6.45, 7) is 4.99. The van der Waals surface area contributed by atoms with Crippen molar-refractivity contribution in [1.82, 2.24) is 15.1 Å². The van der Waals surface area contributed by atoms with Crippen LogP contribution in [0.3, 0.4) is 0 Å². The molecule has 1 heterocycles. The Bertz CT molecular complexity index is 548. The molecule has 0 amide bonds. The van der Waals surface area contributed by atoms with Crippen molar-refractivity contribution in [3.05, 3.63) is 52.3 Å². The number of hydrogen-bond acceptors (Lipinski definition) is 2. The molecule has 1 N–H and O–H groups in total. The predicted molar refractivity (Wildman–Crippen MR) is 83.9 cm³/mol. The molecular formula is C16H22ClN3. The van der Waals surface area contributed by atoms with E-state index in [9.17, 15) is 0 Å². The maximum Gasteiger partial charge on any atom is 0.0863 e. The summed E-state index contributed by atoms with van der Waals surface area (Å²) in [6.07, 6.45) is 1.91. The first-order valence-electron chi connectivity index (χ1n) is 7.15. The quantitative estimate of drug-likeness (QED) is 0.875. The van der Waals surface area contributed by atoms with E-state index in [1.807, 2.05) is 17.8 Å². The average molecular weight is 292 g/mol. The van der Waals surface area contributed by atoms with Gasteiger partial charge in [-0.25, -0.2) is 0 Å². The molecule has 0 aliphatic rings. The normalized spacial score (nSPS) is 12.6. The first-order valence-corrected chi connectivity index (χ1v) is 7.53. The summed E-state index contributed by atoms with van der Waals surface area (Å²) in [5.74, 6) is 0. The summed E-state index contributed by atoms with van der Waals surface area (Å²) in [5, 5.41) is 8.82. The largest absolute Gasteiger partial charge is 0.304 e. The van der Waals surface area contributed by atoms with Crippen LogP contribution in [0.5, 0.6) is 0 Å². The molecule has 0 saturated heterocycles. The Labute approximate surface area is 126 Å². The standard InChI is InChI=1S/C16H22ClN3/c1-4-13(12-9-7-6-8-10-12)18-11-15-16(17)14(5-2)19-20(15)3/h6-10,13,18H,4-5,11H2,1-3H3. The van der Waals surface area contributed by atoms with E-state index in [1.165, 1.54) is 5.56 Å². The van der Waals surface area contributed by atoms with Crippen LogP contribution in [0.15, 0.2) is 30.3 Å². The zero-order valence-electron chi connectivity index (χ0n) is 12.4. The van der Waals surface area contributed by atoms with Crippen molar-refractivity contribution in [2.75, 3.05) is 0 Å². The fraction of sp³-hybridized carbons (Fsp3) is 0.438. The lowest BCUT2D eigenvalue weighted by atomic mass is 10.0. The fourth-order valence-electron chi connectivity index (χ4n) is 2.41. The molecule has 0 saturated carbocycles. The van der Waals surface area contributed by atoms with Crippen molar-refractivity contribution in [3.63, 3.8) is 0 Å². The first-order chi connectivity index (χ1) is 9.67. The number of benzene rings is 1. The third kappa shape index (κ3) is 3.22. The van der Waals surface area contributed by atoms with Gasteiger partial charge in [-0.2, -0.15) is 5.10 Å². The lowest BCUT2D eigenvalue weighted by Gasteiger charge is -2.17. The van der Waals surface area contributed by atoms with Gasteiger partial charge in [0, 0.05) is 19.6 Å². The molecule has 3 nitrogen and oxygen atoms in total. The van der Waals surface area contributed by atoms with Crippen LogP contribution >= 0.6 is 11.6 Å². The molecular weight excluding hydrogens is 270 g/mol. The van der Waals surface area contributed by atoms with Gasteiger partial charge < -0.3 is 5.32 Å². The van der Waals surface area contributed by atoms with Gasteiger partial charge >= 0.3 is 0 Å². The highest BCUT2D eigenvalue weighted by molar-refractivity contribution is 6.31. The Morgan fingerprint density at radius 3 is 2.50 bits per heavy atom. The van der Waals surface area contributed by atoms with E-state index in [0.717, 1.165) is 35.8 Å². The summed E-state index contributed by atoms with van der Waals surface area (Å²) in [4.78, 5) is 0. The molecule has 1 unspecified atom stereocenters. The zero-order valence-corrected chi connectivity index (χ0v) is 13.1. The van der Waals surface area contributed by atoms with Crippen molar-refractivity contribution in [2.24, 2.45) is 7.05 Å². The second kappa shape index (κ2) is 6.91. The Kier molecular flexibility index (Phi) is 5.21. The van der Waals surface area contributed by atoms with Crippen molar-refractivity contribution in [2.45, 2.75) is 39.3 Å². The van der Waals surface area contributed by atoms with E-state index < -0.39 is 0 Å². The molecule has 20 heavy (non-hydrogen) atoms. The van der Waals surface area contributed by atoms with Gasteiger partial charge in [0.2, 0.25) is 0 Å². The Morgan fingerprint density at radius 2 is 1.95 bits per heavy atom. The van der Waals surface area contributed by atoms with Crippen molar-refractivity contribution in [1.29, 1.82) is 0 Å². The number of nitrogens with one attached hydrogen (secondary N) is 1. The Hall–Kier alpha value is -1.32. The van der Waals surface area contributed by atoms with E-state index in [2.05, 4.69) is 48.5 Å². The van der Waals surface area contributed by atoms with Crippen molar-refractivity contribution < 1.29 is 0 Å². The van der Waals surface area contributed by atoms with Gasteiger partial charge in [0.15, 0.2) is 0 Å². The molecule has 2 aromatic rings. The predicted octanol–water partition coefficient (Wildman–Crippen LogP) is 3.88. The molecule has 1 aromatic carbocycles. The number of rotatable bonds is 6. The van der Waals surface area contributed by atoms with Crippen LogP contribution in [0.2, 0.25) is 5.02 Å². The third-order valence-electron chi connectivity index (χ3n) is 3.63. The van der Waals surface area contributed by atoms with Crippen LogP contribution in [0.1, 0.15) is 43.3 Å². The molecule has 0 aliphatic carbocycles. The van der Waals surface area contributed by atoms with Gasteiger partial charge in [0.05, 0.1) is 16.4 Å². The van der Waals surface area contributed by atoms with Gasteiger partial charge in [0.25, 0.3) is 0 Å². The minimum Gasteiger partial charge on any atom is -0.304 e. The molecule has 1 aromatic heterocycles. The molecule has 0 spiro atoms. The van der Waals surface area contributed by atoms with Gasteiger partial charge in [0.1, 0.15) is 0 Å². The highest BCUT2D eigenvalue weighted by atomic mass is 35.5. The van der Waals surface area contributed by atoms with E-state index in [-0.39, 0.29) is 0 Å². The first kappa shape index (κ1) is 15.1. The number of halogens is 1. The van der Waals surface area contributed by atoms with E-state index in [0.29, 0.717) is 6.04 Å². The van der Waals surface area contributed by atoms with Crippen LogP contribution in [0.4, 0.5) is 0 Å². The smallest absolute Gasteiger partial charge is 0.0863 e. The second-order valence-corrected chi connectivity index (χ2v) is 5.31. The lowest BCUT2D eigenvalue weighted by Crippen LogP contribution is -2.21. The minimum absolute atomic E-state index is 0.340. The molecule has 2 rings (SSSR count). The summed E-state index contributed by atoms with van der Waals surface area (Å²) < 4.78 is 1.88. The van der Waals surface area contributed by atoms with Gasteiger partial charge in [-0.05, 0) is 18.4 Å². The average Bonchev–Trinajstić information content (AvgIpc) is 2.76. The third-order valence-corrected chi connectivity index (χ3v) is 4.07. The number of nitrogens with zero attached hydrogens (tertiary/aromatic N) is 2.